The molecule has 3 unspecified atom stereocenters. The van der Waals surface area contributed by atoms with Crippen molar-refractivity contribution < 1.29 is 9.84 Å². The number of piperidine rings is 1. The van der Waals surface area contributed by atoms with Crippen LogP contribution in [-0.4, -0.2) is 61.0 Å². The first kappa shape index (κ1) is 16.8. The molecule has 0 amide bonds. The summed E-state index contributed by atoms with van der Waals surface area (Å²) in [5, 5.41) is 13.4. The van der Waals surface area contributed by atoms with Gasteiger partial charge in [-0.05, 0) is 32.1 Å². The van der Waals surface area contributed by atoms with Gasteiger partial charge in [-0.2, -0.15) is 0 Å². The smallest absolute Gasteiger partial charge is 0.193 e. The molecule has 2 saturated heterocycles. The molecule has 0 aromatic rings. The van der Waals surface area contributed by atoms with E-state index in [2.05, 4.69) is 15.2 Å². The van der Waals surface area contributed by atoms with Gasteiger partial charge in [0.2, 0.25) is 0 Å². The largest absolute Gasteiger partial charge is 0.393 e. The van der Waals surface area contributed by atoms with Gasteiger partial charge in [0.25, 0.3) is 0 Å². The first-order valence-corrected chi connectivity index (χ1v) is 8.52. The maximum atomic E-state index is 9.67. The fourth-order valence-corrected chi connectivity index (χ4v) is 4.97. The van der Waals surface area contributed by atoms with Gasteiger partial charge in [0.15, 0.2) is 5.96 Å². The highest BCUT2D eigenvalue weighted by molar-refractivity contribution is 14.0. The lowest BCUT2D eigenvalue weighted by Gasteiger charge is -2.63. The van der Waals surface area contributed by atoms with Gasteiger partial charge in [-0.25, -0.2) is 0 Å². The van der Waals surface area contributed by atoms with Crippen LogP contribution in [0.15, 0.2) is 4.99 Å². The number of guanidine groups is 1. The molecule has 2 aliphatic carbocycles. The van der Waals surface area contributed by atoms with Crippen molar-refractivity contribution in [1.82, 2.24) is 10.2 Å². The van der Waals surface area contributed by atoms with Crippen LogP contribution in [0, 0.1) is 11.3 Å². The van der Waals surface area contributed by atoms with Crippen LogP contribution < -0.4 is 5.32 Å². The van der Waals surface area contributed by atoms with Gasteiger partial charge in [-0.3, -0.25) is 4.99 Å². The fourth-order valence-electron chi connectivity index (χ4n) is 4.97. The molecule has 2 saturated carbocycles. The van der Waals surface area contributed by atoms with Crippen molar-refractivity contribution in [1.29, 1.82) is 0 Å². The summed E-state index contributed by atoms with van der Waals surface area (Å²) in [5.41, 5.74) is 0.395. The third-order valence-electron chi connectivity index (χ3n) is 6.30. The van der Waals surface area contributed by atoms with E-state index in [1.54, 1.807) is 0 Å². The van der Waals surface area contributed by atoms with Crippen LogP contribution in [0.4, 0.5) is 0 Å². The number of hydrogen-bond acceptors (Lipinski definition) is 3. The van der Waals surface area contributed by atoms with E-state index < -0.39 is 0 Å². The predicted octanol–water partition coefficient (Wildman–Crippen LogP) is 1.59. The first-order chi connectivity index (χ1) is 10.2. The lowest BCUT2D eigenvalue weighted by Crippen LogP contribution is -2.72. The summed E-state index contributed by atoms with van der Waals surface area (Å²) >= 11 is 0. The molecule has 0 aromatic heterocycles. The molecule has 2 heterocycles. The van der Waals surface area contributed by atoms with E-state index in [4.69, 9.17) is 4.74 Å². The molecule has 0 bridgehead atoms. The molecule has 1 spiro atoms. The van der Waals surface area contributed by atoms with Gasteiger partial charge in [-0.15, -0.1) is 24.0 Å². The second-order valence-corrected chi connectivity index (χ2v) is 7.22. The molecule has 0 aromatic carbocycles. The molecular formula is C16H28IN3O2. The Bertz CT molecular complexity index is 433. The molecule has 2 N–H and O–H groups in total. The van der Waals surface area contributed by atoms with Crippen LogP contribution in [0.1, 0.15) is 38.5 Å². The normalized spacial score (nSPS) is 37.1. The summed E-state index contributed by atoms with van der Waals surface area (Å²) in [5.74, 6) is 1.71. The summed E-state index contributed by atoms with van der Waals surface area (Å²) in [4.78, 5) is 6.81. The minimum atomic E-state index is -0.131. The zero-order valence-corrected chi connectivity index (χ0v) is 15.7. The summed E-state index contributed by atoms with van der Waals surface area (Å²) in [7, 11) is 1.88. The van der Waals surface area contributed by atoms with Crippen LogP contribution in [0.5, 0.6) is 0 Å². The third kappa shape index (κ3) is 2.45. The van der Waals surface area contributed by atoms with Crippen LogP contribution in [0.25, 0.3) is 0 Å². The molecule has 2 aliphatic heterocycles. The number of nitrogens with one attached hydrogen (secondary N) is 1. The topological polar surface area (TPSA) is 57.1 Å². The average molecular weight is 421 g/mol. The number of fused-ring (bicyclic) bond motifs is 2. The number of nitrogens with zero attached hydrogens (tertiary/aromatic N) is 2. The summed E-state index contributed by atoms with van der Waals surface area (Å²) in [6, 6.07) is 0.546. The van der Waals surface area contributed by atoms with Crippen molar-refractivity contribution in [3.63, 3.8) is 0 Å². The van der Waals surface area contributed by atoms with E-state index in [0.717, 1.165) is 38.5 Å². The maximum absolute atomic E-state index is 9.67. The zero-order valence-electron chi connectivity index (χ0n) is 13.3. The van der Waals surface area contributed by atoms with Gasteiger partial charge in [0, 0.05) is 44.1 Å². The molecule has 5 nitrogen and oxygen atoms in total. The standard InChI is InChI=1S/C16H27N3O2.HI/c1-17-15(19-8-3-11(20)4-9-19)18-13-12-5-10-21-14(12)16(13)6-2-7-16;/h11-14,20H,2-10H2,1H3,(H,17,18);1H. The Kier molecular flexibility index (Phi) is 4.90. The van der Waals surface area contributed by atoms with Gasteiger partial charge in [0.05, 0.1) is 12.2 Å². The Labute approximate surface area is 149 Å². The Morgan fingerprint density at radius 3 is 2.59 bits per heavy atom. The summed E-state index contributed by atoms with van der Waals surface area (Å²) in [6.07, 6.45) is 7.23. The molecular weight excluding hydrogens is 393 g/mol. The maximum Gasteiger partial charge on any atom is 0.193 e. The summed E-state index contributed by atoms with van der Waals surface area (Å²) < 4.78 is 5.99. The van der Waals surface area contributed by atoms with E-state index in [-0.39, 0.29) is 30.1 Å². The fraction of sp³-hybridized carbons (Fsp3) is 0.938. The quantitative estimate of drug-likeness (QED) is 0.384. The van der Waals surface area contributed by atoms with Crippen molar-refractivity contribution in [3.05, 3.63) is 0 Å². The molecule has 22 heavy (non-hydrogen) atoms. The van der Waals surface area contributed by atoms with Crippen molar-refractivity contribution in [3.8, 4) is 0 Å². The van der Waals surface area contributed by atoms with Gasteiger partial charge in [-0.1, -0.05) is 6.42 Å². The van der Waals surface area contributed by atoms with Gasteiger partial charge < -0.3 is 20.1 Å². The van der Waals surface area contributed by atoms with Crippen molar-refractivity contribution in [2.45, 2.75) is 56.8 Å². The highest BCUT2D eigenvalue weighted by Gasteiger charge is 2.66. The van der Waals surface area contributed by atoms with Gasteiger partial charge >= 0.3 is 0 Å². The van der Waals surface area contributed by atoms with Crippen molar-refractivity contribution >= 4 is 29.9 Å². The van der Waals surface area contributed by atoms with Crippen LogP contribution >= 0.6 is 24.0 Å². The van der Waals surface area contributed by atoms with Crippen LogP contribution in [0.2, 0.25) is 0 Å². The number of hydrogen-bond donors (Lipinski definition) is 2. The molecule has 3 atom stereocenters. The highest BCUT2D eigenvalue weighted by atomic mass is 127. The van der Waals surface area contributed by atoms with E-state index in [1.165, 1.54) is 25.7 Å². The monoisotopic (exact) mass is 421 g/mol. The molecule has 4 fully saturated rings. The number of halogens is 1. The second-order valence-electron chi connectivity index (χ2n) is 7.22. The summed E-state index contributed by atoms with van der Waals surface area (Å²) in [6.45, 7) is 2.75. The minimum Gasteiger partial charge on any atom is -0.393 e. The second kappa shape index (κ2) is 6.43. The molecule has 4 aliphatic rings. The van der Waals surface area contributed by atoms with E-state index in [0.29, 0.717) is 23.5 Å². The number of aliphatic imine (C=N–C) groups is 1. The number of rotatable bonds is 1. The lowest BCUT2D eigenvalue weighted by molar-refractivity contribution is -0.171. The Balaban J connectivity index is 0.00000144. The van der Waals surface area contributed by atoms with E-state index in [1.807, 2.05) is 7.05 Å². The molecule has 4 rings (SSSR count). The average Bonchev–Trinajstić information content (AvgIpc) is 2.85. The number of aliphatic hydroxyl groups is 1. The van der Waals surface area contributed by atoms with Gasteiger partial charge in [0.1, 0.15) is 0 Å². The number of aliphatic hydroxyl groups excluding tert-OH is 1. The minimum absolute atomic E-state index is 0. The molecule has 126 valence electrons. The van der Waals surface area contributed by atoms with E-state index >= 15 is 0 Å². The van der Waals surface area contributed by atoms with Crippen molar-refractivity contribution in [2.75, 3.05) is 26.7 Å². The first-order valence-electron chi connectivity index (χ1n) is 8.52. The zero-order chi connectivity index (χ0) is 14.4. The highest BCUT2D eigenvalue weighted by Crippen LogP contribution is 2.62. The van der Waals surface area contributed by atoms with Crippen molar-refractivity contribution in [2.24, 2.45) is 16.3 Å². The molecule has 6 heteroatoms. The Morgan fingerprint density at radius 2 is 2.00 bits per heavy atom. The van der Waals surface area contributed by atoms with Crippen LogP contribution in [-0.2, 0) is 4.74 Å². The number of ether oxygens (including phenoxy) is 1. The SMILES string of the molecule is CN=C(NC1C2CCOC2C12CCC2)N1CCC(O)CC1.I. The van der Waals surface area contributed by atoms with Crippen LogP contribution in [0.3, 0.4) is 0 Å². The number of likely N-dealkylation sites (tertiary alicyclic amines) is 1. The molecule has 0 radical (unpaired) electrons. The predicted molar refractivity (Wildman–Crippen MR) is 96.6 cm³/mol. The lowest BCUT2D eigenvalue weighted by atomic mass is 9.46. The third-order valence-corrected chi connectivity index (χ3v) is 6.30. The Morgan fingerprint density at radius 1 is 1.27 bits per heavy atom. The Hall–Kier alpha value is -0.0800. The van der Waals surface area contributed by atoms with E-state index in [9.17, 15) is 5.11 Å².